The van der Waals surface area contributed by atoms with E-state index < -0.39 is 30.2 Å². The molecule has 0 aromatic carbocycles. The highest BCUT2D eigenvalue weighted by Crippen LogP contribution is 1.70. The fourth-order valence-corrected chi connectivity index (χ4v) is 0.718. The van der Waals surface area contributed by atoms with Crippen LogP contribution < -0.4 is 16.0 Å². The van der Waals surface area contributed by atoms with E-state index >= 15 is 0 Å². The van der Waals surface area contributed by atoms with E-state index in [2.05, 4.69) is 22.5 Å². The third-order valence-corrected chi connectivity index (χ3v) is 1.49. The number of carbonyl (C=O) groups excluding carboxylic acids is 3. The fourth-order valence-electron chi connectivity index (χ4n) is 0.718. The van der Waals surface area contributed by atoms with Gasteiger partial charge in [-0.1, -0.05) is 6.58 Å². The molecule has 0 spiro atoms. The van der Waals surface area contributed by atoms with Gasteiger partial charge in [-0.25, -0.2) is 0 Å². The molecular formula is C9H13N3O5. The second kappa shape index (κ2) is 7.85. The predicted octanol–water partition coefficient (Wildman–Crippen LogP) is -2.39. The highest BCUT2D eigenvalue weighted by molar-refractivity contribution is 5.92. The van der Waals surface area contributed by atoms with Crippen LogP contribution in [0.3, 0.4) is 0 Å². The molecule has 4 N–H and O–H groups in total. The van der Waals surface area contributed by atoms with Crippen molar-refractivity contribution in [1.29, 1.82) is 0 Å². The molecular weight excluding hydrogens is 230 g/mol. The summed E-state index contributed by atoms with van der Waals surface area (Å²) in [6, 6.07) is 0. The minimum absolute atomic E-state index is 0.281. The zero-order valence-corrected chi connectivity index (χ0v) is 8.99. The summed E-state index contributed by atoms with van der Waals surface area (Å²) in [5.41, 5.74) is 0. The first-order valence-corrected chi connectivity index (χ1v) is 4.61. The van der Waals surface area contributed by atoms with Crippen molar-refractivity contribution >= 4 is 23.7 Å². The van der Waals surface area contributed by atoms with Gasteiger partial charge in [0.1, 0.15) is 6.54 Å². The summed E-state index contributed by atoms with van der Waals surface area (Å²) in [4.78, 5) is 42.8. The molecule has 0 aliphatic rings. The number of amides is 3. The maximum Gasteiger partial charge on any atom is 0.322 e. The average Bonchev–Trinajstić information content (AvgIpc) is 2.30. The first kappa shape index (κ1) is 14.6. The quantitative estimate of drug-likeness (QED) is 0.371. The molecule has 0 aromatic rings. The van der Waals surface area contributed by atoms with Crippen LogP contribution in [-0.2, 0) is 19.2 Å². The Kier molecular flexibility index (Phi) is 6.75. The molecule has 0 bridgehead atoms. The summed E-state index contributed by atoms with van der Waals surface area (Å²) >= 11 is 0. The molecule has 0 radical (unpaired) electrons. The lowest BCUT2D eigenvalue weighted by molar-refractivity contribution is -0.137. The van der Waals surface area contributed by atoms with Crippen molar-refractivity contribution in [3.8, 4) is 0 Å². The lowest BCUT2D eigenvalue weighted by Crippen LogP contribution is -2.42. The Hall–Kier alpha value is -2.38. The van der Waals surface area contributed by atoms with Gasteiger partial charge in [0, 0.05) is 0 Å². The van der Waals surface area contributed by atoms with Crippen molar-refractivity contribution in [3.63, 3.8) is 0 Å². The summed E-state index contributed by atoms with van der Waals surface area (Å²) < 4.78 is 0. The smallest absolute Gasteiger partial charge is 0.322 e. The molecule has 3 amide bonds. The Morgan fingerprint density at radius 1 is 0.941 bits per heavy atom. The van der Waals surface area contributed by atoms with E-state index in [-0.39, 0.29) is 13.1 Å². The topological polar surface area (TPSA) is 125 Å². The number of aliphatic carboxylic acids is 1. The Balaban J connectivity index is 3.69. The molecule has 0 saturated carbocycles. The summed E-state index contributed by atoms with van der Waals surface area (Å²) in [5.74, 6) is -2.88. The van der Waals surface area contributed by atoms with Gasteiger partial charge in [-0.3, -0.25) is 19.2 Å². The first-order chi connectivity index (χ1) is 7.95. The number of hydrogen-bond acceptors (Lipinski definition) is 4. The van der Waals surface area contributed by atoms with Crippen molar-refractivity contribution in [2.45, 2.75) is 0 Å². The zero-order chi connectivity index (χ0) is 13.3. The monoisotopic (exact) mass is 243 g/mol. The van der Waals surface area contributed by atoms with Crippen LogP contribution in [0.2, 0.25) is 0 Å². The summed E-state index contributed by atoms with van der Waals surface area (Å²) in [6.45, 7) is 2.05. The number of carboxylic acid groups (broad SMARTS) is 1. The minimum Gasteiger partial charge on any atom is -0.480 e. The highest BCUT2D eigenvalue weighted by Gasteiger charge is 2.06. The number of rotatable bonds is 7. The van der Waals surface area contributed by atoms with Crippen LogP contribution in [0.1, 0.15) is 0 Å². The number of carboxylic acids is 1. The van der Waals surface area contributed by atoms with Crippen LogP contribution in [-0.4, -0.2) is 48.4 Å². The Bertz CT molecular complexity index is 340. The molecule has 0 rings (SSSR count). The fraction of sp³-hybridized carbons (Fsp3) is 0.333. The molecule has 0 saturated heterocycles. The van der Waals surface area contributed by atoms with E-state index in [9.17, 15) is 19.2 Å². The van der Waals surface area contributed by atoms with Crippen molar-refractivity contribution in [2.75, 3.05) is 19.6 Å². The predicted molar refractivity (Wildman–Crippen MR) is 56.9 cm³/mol. The number of carbonyl (C=O) groups is 4. The SMILES string of the molecule is C=CC(=O)NCC(=O)NCC(=O)NCC(=O)O. The van der Waals surface area contributed by atoms with E-state index in [1.807, 2.05) is 0 Å². The van der Waals surface area contributed by atoms with E-state index in [4.69, 9.17) is 5.11 Å². The van der Waals surface area contributed by atoms with Crippen LogP contribution in [0, 0.1) is 0 Å². The van der Waals surface area contributed by atoms with Gasteiger partial charge in [0.2, 0.25) is 17.7 Å². The van der Waals surface area contributed by atoms with Gasteiger partial charge in [-0.15, -0.1) is 0 Å². The van der Waals surface area contributed by atoms with Gasteiger partial charge < -0.3 is 21.1 Å². The third kappa shape index (κ3) is 8.60. The van der Waals surface area contributed by atoms with Gasteiger partial charge in [0.15, 0.2) is 0 Å². The molecule has 17 heavy (non-hydrogen) atoms. The van der Waals surface area contributed by atoms with Crippen molar-refractivity contribution < 1.29 is 24.3 Å². The summed E-state index contributed by atoms with van der Waals surface area (Å²) in [5, 5.41) is 14.7. The third-order valence-electron chi connectivity index (χ3n) is 1.49. The van der Waals surface area contributed by atoms with Crippen molar-refractivity contribution in [1.82, 2.24) is 16.0 Å². The lowest BCUT2D eigenvalue weighted by atomic mass is 10.5. The van der Waals surface area contributed by atoms with Crippen LogP contribution in [0.4, 0.5) is 0 Å². The number of hydrogen-bond donors (Lipinski definition) is 4. The van der Waals surface area contributed by atoms with E-state index in [0.717, 1.165) is 6.08 Å². The second-order valence-electron chi connectivity index (χ2n) is 2.87. The van der Waals surface area contributed by atoms with Gasteiger partial charge in [0.25, 0.3) is 0 Å². The molecule has 0 aliphatic heterocycles. The van der Waals surface area contributed by atoms with Gasteiger partial charge in [-0.05, 0) is 6.08 Å². The Labute approximate surface area is 97.1 Å². The van der Waals surface area contributed by atoms with E-state index in [0.29, 0.717) is 0 Å². The molecule has 94 valence electrons. The summed E-state index contributed by atoms with van der Waals surface area (Å²) in [7, 11) is 0. The van der Waals surface area contributed by atoms with Gasteiger partial charge in [0.05, 0.1) is 13.1 Å². The molecule has 0 unspecified atom stereocenters. The first-order valence-electron chi connectivity index (χ1n) is 4.61. The highest BCUT2D eigenvalue weighted by atomic mass is 16.4. The summed E-state index contributed by atoms with van der Waals surface area (Å²) in [6.07, 6.45) is 1.01. The maximum absolute atomic E-state index is 11.0. The molecule has 8 nitrogen and oxygen atoms in total. The van der Waals surface area contributed by atoms with Crippen molar-refractivity contribution in [2.24, 2.45) is 0 Å². The molecule has 0 aromatic heterocycles. The molecule has 0 fully saturated rings. The zero-order valence-electron chi connectivity index (χ0n) is 8.99. The van der Waals surface area contributed by atoms with Crippen LogP contribution in [0.5, 0.6) is 0 Å². The average molecular weight is 243 g/mol. The second-order valence-corrected chi connectivity index (χ2v) is 2.87. The standard InChI is InChI=1S/C9H13N3O5/c1-2-6(13)10-3-7(14)11-4-8(15)12-5-9(16)17/h2H,1,3-5H2,(H,10,13)(H,11,14)(H,12,15)(H,16,17). The minimum atomic E-state index is -1.18. The van der Waals surface area contributed by atoms with Gasteiger partial charge in [-0.2, -0.15) is 0 Å². The molecule has 0 aliphatic carbocycles. The van der Waals surface area contributed by atoms with Crippen molar-refractivity contribution in [3.05, 3.63) is 12.7 Å². The lowest BCUT2D eigenvalue weighted by Gasteiger charge is -2.05. The van der Waals surface area contributed by atoms with E-state index in [1.165, 1.54) is 0 Å². The normalized spacial score (nSPS) is 8.94. The molecule has 0 atom stereocenters. The molecule has 0 heterocycles. The maximum atomic E-state index is 11.0. The number of nitrogens with one attached hydrogen (secondary N) is 3. The molecule has 8 heteroatoms. The largest absolute Gasteiger partial charge is 0.480 e. The Morgan fingerprint density at radius 2 is 1.41 bits per heavy atom. The Morgan fingerprint density at radius 3 is 1.88 bits per heavy atom. The van der Waals surface area contributed by atoms with Gasteiger partial charge >= 0.3 is 5.97 Å². The van der Waals surface area contributed by atoms with Crippen LogP contribution in [0.25, 0.3) is 0 Å². The van der Waals surface area contributed by atoms with E-state index in [1.54, 1.807) is 0 Å². The van der Waals surface area contributed by atoms with Crippen LogP contribution >= 0.6 is 0 Å². The van der Waals surface area contributed by atoms with Crippen LogP contribution in [0.15, 0.2) is 12.7 Å².